The summed E-state index contributed by atoms with van der Waals surface area (Å²) < 4.78 is 7.41. The lowest BCUT2D eigenvalue weighted by Crippen LogP contribution is -2.44. The summed E-state index contributed by atoms with van der Waals surface area (Å²) in [6.07, 6.45) is 8.73. The zero-order valence-corrected chi connectivity index (χ0v) is 17.9. The summed E-state index contributed by atoms with van der Waals surface area (Å²) in [5.74, 6) is 0. The quantitative estimate of drug-likeness (QED) is 0.477. The number of hydrogen-bond donors (Lipinski definition) is 1. The number of halogens is 1. The SMILES string of the molecule is CC(C)(C)[Si](C)(C)OCC1([C@H](O)c2ccccc2Br)C=CCC=C1. The number of aliphatic hydroxyl groups is 1. The summed E-state index contributed by atoms with van der Waals surface area (Å²) in [6.45, 7) is 11.7. The Labute approximate surface area is 155 Å². The topological polar surface area (TPSA) is 29.5 Å². The van der Waals surface area contributed by atoms with Crippen LogP contribution in [0, 0.1) is 5.41 Å². The van der Waals surface area contributed by atoms with Crippen LogP contribution in [0.25, 0.3) is 0 Å². The van der Waals surface area contributed by atoms with Gasteiger partial charge in [-0.05, 0) is 36.2 Å². The summed E-state index contributed by atoms with van der Waals surface area (Å²) in [6, 6.07) is 7.87. The average molecular weight is 409 g/mol. The van der Waals surface area contributed by atoms with Crippen molar-refractivity contribution < 1.29 is 9.53 Å². The highest BCUT2D eigenvalue weighted by Gasteiger charge is 2.42. The second-order valence-electron chi connectivity index (χ2n) is 8.13. The molecule has 24 heavy (non-hydrogen) atoms. The standard InChI is InChI=1S/C20H29BrO2Si/c1-19(2,3)24(4,5)23-15-20(13-9-6-10-14-20)18(22)16-11-7-8-12-17(16)21/h7-14,18,22H,6,15H2,1-5H3/t18-/m1/s1. The van der Waals surface area contributed by atoms with Gasteiger partial charge in [0, 0.05) is 11.1 Å². The van der Waals surface area contributed by atoms with Crippen LogP contribution in [0.3, 0.4) is 0 Å². The first-order chi connectivity index (χ1) is 11.1. The van der Waals surface area contributed by atoms with E-state index in [4.69, 9.17) is 4.43 Å². The lowest BCUT2D eigenvalue weighted by atomic mass is 9.77. The molecule has 4 heteroatoms. The molecule has 0 bridgehead atoms. The molecule has 0 amide bonds. The Morgan fingerprint density at radius 2 is 1.79 bits per heavy atom. The van der Waals surface area contributed by atoms with Crippen molar-refractivity contribution in [2.45, 2.75) is 51.4 Å². The Kier molecular flexibility index (Phi) is 5.96. The average Bonchev–Trinajstić information content (AvgIpc) is 2.53. The molecule has 132 valence electrons. The fourth-order valence-corrected chi connectivity index (χ4v) is 4.12. The second kappa shape index (κ2) is 7.28. The molecule has 0 spiro atoms. The minimum Gasteiger partial charge on any atom is -0.416 e. The number of benzene rings is 1. The van der Waals surface area contributed by atoms with E-state index in [1.54, 1.807) is 0 Å². The summed E-state index contributed by atoms with van der Waals surface area (Å²) in [5.41, 5.74) is 0.380. The van der Waals surface area contributed by atoms with Crippen LogP contribution in [-0.2, 0) is 4.43 Å². The van der Waals surface area contributed by atoms with E-state index < -0.39 is 19.8 Å². The highest BCUT2D eigenvalue weighted by molar-refractivity contribution is 9.10. The van der Waals surface area contributed by atoms with E-state index in [1.807, 2.05) is 24.3 Å². The van der Waals surface area contributed by atoms with E-state index in [0.717, 1.165) is 16.5 Å². The summed E-state index contributed by atoms with van der Waals surface area (Å²) in [5, 5.41) is 11.3. The Morgan fingerprint density at radius 1 is 1.21 bits per heavy atom. The van der Waals surface area contributed by atoms with Crippen molar-refractivity contribution in [2.24, 2.45) is 5.41 Å². The van der Waals surface area contributed by atoms with Gasteiger partial charge in [0.05, 0.1) is 11.5 Å². The van der Waals surface area contributed by atoms with Crippen LogP contribution in [0.15, 0.2) is 53.0 Å². The molecule has 1 aliphatic carbocycles. The van der Waals surface area contributed by atoms with Gasteiger partial charge < -0.3 is 9.53 Å². The highest BCUT2D eigenvalue weighted by atomic mass is 79.9. The molecule has 1 N–H and O–H groups in total. The molecule has 0 fully saturated rings. The third-order valence-corrected chi connectivity index (χ3v) is 10.5. The fourth-order valence-electron chi connectivity index (χ4n) is 2.57. The van der Waals surface area contributed by atoms with Gasteiger partial charge in [0.1, 0.15) is 0 Å². The maximum atomic E-state index is 11.2. The first-order valence-electron chi connectivity index (χ1n) is 8.51. The molecule has 0 aromatic heterocycles. The number of rotatable bonds is 5. The highest BCUT2D eigenvalue weighted by Crippen LogP contribution is 2.44. The molecule has 0 saturated carbocycles. The molecule has 1 aromatic rings. The summed E-state index contributed by atoms with van der Waals surface area (Å²) in [4.78, 5) is 0. The van der Waals surface area contributed by atoms with Gasteiger partial charge >= 0.3 is 0 Å². The third-order valence-electron chi connectivity index (χ3n) is 5.33. The molecule has 1 aromatic carbocycles. The Bertz CT molecular complexity index is 617. The number of aliphatic hydroxyl groups excluding tert-OH is 1. The molecule has 1 aliphatic rings. The van der Waals surface area contributed by atoms with E-state index in [0.29, 0.717) is 6.61 Å². The van der Waals surface area contributed by atoms with E-state index >= 15 is 0 Å². The number of allylic oxidation sites excluding steroid dienone is 2. The van der Waals surface area contributed by atoms with Crippen LogP contribution < -0.4 is 0 Å². The zero-order chi connectivity index (χ0) is 18.0. The predicted octanol–water partition coefficient (Wildman–Crippen LogP) is 6.01. The molecule has 1 atom stereocenters. The van der Waals surface area contributed by atoms with Crippen LogP contribution in [0.1, 0.15) is 38.9 Å². The van der Waals surface area contributed by atoms with Crippen molar-refractivity contribution in [3.63, 3.8) is 0 Å². The van der Waals surface area contributed by atoms with Crippen LogP contribution in [0.2, 0.25) is 18.1 Å². The van der Waals surface area contributed by atoms with Crippen LogP contribution in [0.4, 0.5) is 0 Å². The van der Waals surface area contributed by atoms with Gasteiger partial charge in [0.2, 0.25) is 0 Å². The molecular formula is C20H29BrO2Si. The first-order valence-corrected chi connectivity index (χ1v) is 12.2. The molecule has 0 unspecified atom stereocenters. The van der Waals surface area contributed by atoms with Crippen molar-refractivity contribution in [3.8, 4) is 0 Å². The van der Waals surface area contributed by atoms with Crippen molar-refractivity contribution >= 4 is 24.2 Å². The van der Waals surface area contributed by atoms with Gasteiger partial charge in [0.25, 0.3) is 0 Å². The van der Waals surface area contributed by atoms with E-state index in [-0.39, 0.29) is 5.04 Å². The van der Waals surface area contributed by atoms with Crippen LogP contribution in [-0.4, -0.2) is 20.0 Å². The van der Waals surface area contributed by atoms with Gasteiger partial charge in [-0.3, -0.25) is 0 Å². The normalized spacial score (nSPS) is 18.6. The Hall–Kier alpha value is -0.683. The monoisotopic (exact) mass is 408 g/mol. The van der Waals surface area contributed by atoms with Crippen molar-refractivity contribution in [1.82, 2.24) is 0 Å². The molecular weight excluding hydrogens is 380 g/mol. The van der Waals surface area contributed by atoms with Crippen molar-refractivity contribution in [2.75, 3.05) is 6.61 Å². The molecule has 0 saturated heterocycles. The van der Waals surface area contributed by atoms with Crippen LogP contribution >= 0.6 is 15.9 Å². The van der Waals surface area contributed by atoms with Gasteiger partial charge in [-0.1, -0.05) is 79.2 Å². The lowest BCUT2D eigenvalue weighted by Gasteiger charge is -2.41. The largest absolute Gasteiger partial charge is 0.416 e. The predicted molar refractivity (Wildman–Crippen MR) is 108 cm³/mol. The number of hydrogen-bond acceptors (Lipinski definition) is 2. The maximum Gasteiger partial charge on any atom is 0.192 e. The fraction of sp³-hybridized carbons (Fsp3) is 0.500. The molecule has 0 aliphatic heterocycles. The Balaban J connectivity index is 2.31. The third kappa shape index (κ3) is 4.10. The van der Waals surface area contributed by atoms with E-state index in [9.17, 15) is 5.11 Å². The summed E-state index contributed by atoms with van der Waals surface area (Å²) in [7, 11) is -1.89. The minimum atomic E-state index is -1.89. The van der Waals surface area contributed by atoms with Crippen molar-refractivity contribution in [1.29, 1.82) is 0 Å². The smallest absolute Gasteiger partial charge is 0.192 e. The van der Waals surface area contributed by atoms with E-state index in [1.165, 1.54) is 0 Å². The lowest BCUT2D eigenvalue weighted by molar-refractivity contribution is 0.0477. The maximum absolute atomic E-state index is 11.2. The Morgan fingerprint density at radius 3 is 2.33 bits per heavy atom. The van der Waals surface area contributed by atoms with Gasteiger partial charge in [-0.15, -0.1) is 0 Å². The van der Waals surface area contributed by atoms with Crippen molar-refractivity contribution in [3.05, 3.63) is 58.6 Å². The van der Waals surface area contributed by atoms with Crippen LogP contribution in [0.5, 0.6) is 0 Å². The summed E-state index contributed by atoms with van der Waals surface area (Å²) >= 11 is 3.57. The molecule has 2 nitrogen and oxygen atoms in total. The van der Waals surface area contributed by atoms with Gasteiger partial charge in [-0.25, -0.2) is 0 Å². The molecule has 0 radical (unpaired) electrons. The molecule has 2 rings (SSSR count). The first kappa shape index (κ1) is 19.6. The molecule has 0 heterocycles. The minimum absolute atomic E-state index is 0.147. The zero-order valence-electron chi connectivity index (χ0n) is 15.3. The second-order valence-corrected chi connectivity index (χ2v) is 13.8. The van der Waals surface area contributed by atoms with Gasteiger partial charge in [-0.2, -0.15) is 0 Å². The van der Waals surface area contributed by atoms with E-state index in [2.05, 4.69) is 74.1 Å². The van der Waals surface area contributed by atoms with Gasteiger partial charge in [0.15, 0.2) is 8.32 Å².